The van der Waals surface area contributed by atoms with E-state index in [9.17, 15) is 13.6 Å². The summed E-state index contributed by atoms with van der Waals surface area (Å²) in [5.41, 5.74) is 4.13. The van der Waals surface area contributed by atoms with E-state index in [4.69, 9.17) is 0 Å². The van der Waals surface area contributed by atoms with Crippen LogP contribution in [0, 0.1) is 18.6 Å². The Morgan fingerprint density at radius 3 is 2.71 bits per heavy atom. The summed E-state index contributed by atoms with van der Waals surface area (Å²) in [7, 11) is 1.87. The Bertz CT molecular complexity index is 1110. The highest BCUT2D eigenvalue weighted by molar-refractivity contribution is 9.10. The Morgan fingerprint density at radius 2 is 2.03 bits per heavy atom. The van der Waals surface area contributed by atoms with E-state index >= 15 is 0 Å². The Balaban J connectivity index is 1.55. The number of hydrogen-bond donors (Lipinski definition) is 2. The summed E-state index contributed by atoms with van der Waals surface area (Å²) in [6, 6.07) is 9.31. The molecule has 0 unspecified atom stereocenters. The molecule has 0 saturated carbocycles. The number of rotatable bonds is 4. The molecule has 0 radical (unpaired) electrons. The van der Waals surface area contributed by atoms with Crippen LogP contribution in [0.1, 0.15) is 33.8 Å². The fourth-order valence-corrected chi connectivity index (χ4v) is 4.75. The van der Waals surface area contributed by atoms with Crippen LogP contribution in [0.5, 0.6) is 0 Å². The zero-order valence-electron chi connectivity index (χ0n) is 17.3. The molecule has 1 amide bonds. The summed E-state index contributed by atoms with van der Waals surface area (Å²) in [4.78, 5) is 13.0. The van der Waals surface area contributed by atoms with Crippen molar-refractivity contribution in [3.8, 4) is 11.3 Å². The number of aryl methyl sites for hydroxylation is 2. The van der Waals surface area contributed by atoms with Crippen molar-refractivity contribution < 1.29 is 13.6 Å². The minimum atomic E-state index is -0.867. The molecule has 2 N–H and O–H groups in total. The van der Waals surface area contributed by atoms with Crippen molar-refractivity contribution in [2.75, 3.05) is 13.1 Å². The van der Waals surface area contributed by atoms with Gasteiger partial charge in [-0.2, -0.15) is 5.10 Å². The lowest BCUT2D eigenvalue weighted by molar-refractivity contribution is 0.0924. The quantitative estimate of drug-likeness (QED) is 0.575. The smallest absolute Gasteiger partial charge is 0.251 e. The predicted octanol–water partition coefficient (Wildman–Crippen LogP) is 4.31. The number of carbonyl (C=O) groups excluding carboxylic acids is 1. The van der Waals surface area contributed by atoms with Crippen molar-refractivity contribution in [2.24, 2.45) is 7.05 Å². The summed E-state index contributed by atoms with van der Waals surface area (Å²) in [6.45, 7) is 3.27. The highest BCUT2D eigenvalue weighted by Crippen LogP contribution is 2.31. The van der Waals surface area contributed by atoms with Gasteiger partial charge >= 0.3 is 0 Å². The molecule has 8 heteroatoms. The summed E-state index contributed by atoms with van der Waals surface area (Å²) >= 11 is 3.52. The first-order valence-electron chi connectivity index (χ1n) is 10.1. The van der Waals surface area contributed by atoms with Crippen LogP contribution in [0.3, 0.4) is 0 Å². The van der Waals surface area contributed by atoms with E-state index in [1.807, 2.05) is 26.1 Å². The SMILES string of the molecule is Cc1cc(C(=O)N[C@@H]2CNCC[C@H]2c2ccc(F)c(F)c2)ccc1-c1c(Br)cnn1C. The standard InChI is InChI=1S/C23H23BrF2N4O/c1-13-9-15(3-5-16(13)22-18(24)11-28-30(22)2)23(31)29-21-12-27-8-7-17(21)14-4-6-19(25)20(26)10-14/h3-6,9-11,17,21,27H,7-8,12H2,1-2H3,(H,29,31)/t17-,21+/m0/s1. The van der Waals surface area contributed by atoms with Gasteiger partial charge in [-0.1, -0.05) is 12.1 Å². The van der Waals surface area contributed by atoms with Crippen molar-refractivity contribution in [1.82, 2.24) is 20.4 Å². The maximum atomic E-state index is 13.8. The average Bonchev–Trinajstić information content (AvgIpc) is 3.08. The number of hydrogen-bond acceptors (Lipinski definition) is 3. The third-order valence-corrected chi connectivity index (χ3v) is 6.39. The van der Waals surface area contributed by atoms with E-state index in [2.05, 4.69) is 31.7 Å². The van der Waals surface area contributed by atoms with Crippen LogP contribution >= 0.6 is 15.9 Å². The molecule has 1 aliphatic heterocycles. The molecule has 1 aliphatic rings. The lowest BCUT2D eigenvalue weighted by atomic mass is 9.85. The first-order valence-corrected chi connectivity index (χ1v) is 10.9. The van der Waals surface area contributed by atoms with E-state index < -0.39 is 11.6 Å². The predicted molar refractivity (Wildman–Crippen MR) is 119 cm³/mol. The van der Waals surface area contributed by atoms with Crippen LogP contribution in [-0.4, -0.2) is 34.8 Å². The zero-order valence-corrected chi connectivity index (χ0v) is 18.8. The summed E-state index contributed by atoms with van der Waals surface area (Å²) < 4.78 is 29.8. The number of nitrogens with zero attached hydrogens (tertiary/aromatic N) is 2. The Hall–Kier alpha value is -2.58. The molecular weight excluding hydrogens is 466 g/mol. The molecular formula is C23H23BrF2N4O. The number of nitrogens with one attached hydrogen (secondary N) is 2. The summed E-state index contributed by atoms with van der Waals surface area (Å²) in [6.07, 6.45) is 2.46. The summed E-state index contributed by atoms with van der Waals surface area (Å²) in [5.74, 6) is -2.02. The van der Waals surface area contributed by atoms with Gasteiger partial charge in [-0.15, -0.1) is 0 Å². The van der Waals surface area contributed by atoms with Gasteiger partial charge in [0.15, 0.2) is 11.6 Å². The Kier molecular flexibility index (Phi) is 6.20. The van der Waals surface area contributed by atoms with Crippen LogP contribution in [0.2, 0.25) is 0 Å². The fourth-order valence-electron chi connectivity index (χ4n) is 4.19. The van der Waals surface area contributed by atoms with Gasteiger partial charge in [0.2, 0.25) is 0 Å². The van der Waals surface area contributed by atoms with Crippen molar-refractivity contribution in [3.05, 3.63) is 75.4 Å². The monoisotopic (exact) mass is 488 g/mol. The lowest BCUT2D eigenvalue weighted by Gasteiger charge is -2.33. The first kappa shape index (κ1) is 21.6. The van der Waals surface area contributed by atoms with Crippen molar-refractivity contribution in [2.45, 2.75) is 25.3 Å². The van der Waals surface area contributed by atoms with Crippen LogP contribution in [0.4, 0.5) is 8.78 Å². The molecule has 1 saturated heterocycles. The molecule has 2 heterocycles. The van der Waals surface area contributed by atoms with Crippen LogP contribution in [0.15, 0.2) is 47.1 Å². The third kappa shape index (κ3) is 4.41. The minimum Gasteiger partial charge on any atom is -0.347 e. The van der Waals surface area contributed by atoms with E-state index in [1.54, 1.807) is 23.0 Å². The van der Waals surface area contributed by atoms with E-state index in [-0.39, 0.29) is 17.9 Å². The maximum Gasteiger partial charge on any atom is 0.251 e. The van der Waals surface area contributed by atoms with E-state index in [0.29, 0.717) is 17.7 Å². The van der Waals surface area contributed by atoms with Gasteiger partial charge in [-0.05, 0) is 71.2 Å². The van der Waals surface area contributed by atoms with Gasteiger partial charge in [0.1, 0.15) is 0 Å². The normalized spacial score (nSPS) is 18.7. The van der Waals surface area contributed by atoms with Gasteiger partial charge < -0.3 is 10.6 Å². The molecule has 3 aromatic rings. The van der Waals surface area contributed by atoms with Crippen LogP contribution in [0.25, 0.3) is 11.3 Å². The Morgan fingerprint density at radius 1 is 1.23 bits per heavy atom. The van der Waals surface area contributed by atoms with Crippen molar-refractivity contribution in [3.63, 3.8) is 0 Å². The fraction of sp³-hybridized carbons (Fsp3) is 0.304. The van der Waals surface area contributed by atoms with Gasteiger partial charge in [-0.25, -0.2) is 8.78 Å². The second-order valence-electron chi connectivity index (χ2n) is 7.85. The minimum absolute atomic E-state index is 0.0916. The number of aromatic nitrogens is 2. The molecule has 1 fully saturated rings. The lowest BCUT2D eigenvalue weighted by Crippen LogP contribution is -2.50. The van der Waals surface area contributed by atoms with Gasteiger partial charge in [0.25, 0.3) is 5.91 Å². The number of halogens is 3. The Labute approximate surface area is 188 Å². The van der Waals surface area contributed by atoms with E-state index in [0.717, 1.165) is 40.3 Å². The molecule has 0 bridgehead atoms. The third-order valence-electron chi connectivity index (χ3n) is 5.81. The molecule has 5 nitrogen and oxygen atoms in total. The largest absolute Gasteiger partial charge is 0.347 e. The zero-order chi connectivity index (χ0) is 22.1. The molecule has 2 aromatic carbocycles. The molecule has 162 valence electrons. The van der Waals surface area contributed by atoms with E-state index in [1.165, 1.54) is 6.07 Å². The molecule has 0 spiro atoms. The van der Waals surface area contributed by atoms with Crippen molar-refractivity contribution >= 4 is 21.8 Å². The molecule has 31 heavy (non-hydrogen) atoms. The van der Waals surface area contributed by atoms with Crippen LogP contribution < -0.4 is 10.6 Å². The molecule has 2 atom stereocenters. The number of amides is 1. The van der Waals surface area contributed by atoms with Crippen LogP contribution in [-0.2, 0) is 7.05 Å². The second kappa shape index (κ2) is 8.88. The second-order valence-corrected chi connectivity index (χ2v) is 8.70. The van der Waals surface area contributed by atoms with Gasteiger partial charge in [0, 0.05) is 36.7 Å². The van der Waals surface area contributed by atoms with Crippen molar-refractivity contribution in [1.29, 1.82) is 0 Å². The number of carbonyl (C=O) groups is 1. The molecule has 4 rings (SSSR count). The first-order chi connectivity index (χ1) is 14.8. The number of benzene rings is 2. The average molecular weight is 489 g/mol. The van der Waals surface area contributed by atoms with Gasteiger partial charge in [-0.3, -0.25) is 9.48 Å². The molecule has 1 aromatic heterocycles. The summed E-state index contributed by atoms with van der Waals surface area (Å²) in [5, 5.41) is 10.6. The highest BCUT2D eigenvalue weighted by atomic mass is 79.9. The molecule has 0 aliphatic carbocycles. The topological polar surface area (TPSA) is 59.0 Å². The van der Waals surface area contributed by atoms with Gasteiger partial charge in [0.05, 0.1) is 16.4 Å². The maximum absolute atomic E-state index is 13.8. The number of piperidine rings is 1. The highest BCUT2D eigenvalue weighted by Gasteiger charge is 2.29.